The van der Waals surface area contributed by atoms with Crippen molar-refractivity contribution in [2.45, 2.75) is 32.9 Å². The van der Waals surface area contributed by atoms with E-state index in [0.29, 0.717) is 0 Å². The van der Waals surface area contributed by atoms with E-state index in [1.54, 1.807) is 0 Å². The number of hydrogen-bond donors (Lipinski definition) is 1. The van der Waals surface area contributed by atoms with Crippen LogP contribution < -0.4 is 5.32 Å². The Labute approximate surface area is 139 Å². The van der Waals surface area contributed by atoms with E-state index >= 15 is 0 Å². The molecule has 3 nitrogen and oxygen atoms in total. The van der Waals surface area contributed by atoms with Gasteiger partial charge in [-0.15, -0.1) is 0 Å². The monoisotopic (exact) mass is 357 g/mol. The zero-order chi connectivity index (χ0) is 15.4. The highest BCUT2D eigenvalue weighted by molar-refractivity contribution is 9.10. The summed E-state index contributed by atoms with van der Waals surface area (Å²) in [6.07, 6.45) is 2.34. The molecule has 0 amide bonds. The standard InChI is InChI=1S/C18H20BrN3/c1-2-3-12-22-17-7-5-4-6-16(17)21-18(22)20-13-14-8-10-15(19)11-9-14/h4-11H,2-3,12-13H2,1H3,(H,20,21). The summed E-state index contributed by atoms with van der Waals surface area (Å²) in [6, 6.07) is 16.7. The molecule has 0 radical (unpaired) electrons. The molecule has 0 atom stereocenters. The van der Waals surface area contributed by atoms with Crippen molar-refractivity contribution >= 4 is 32.9 Å². The van der Waals surface area contributed by atoms with Crippen LogP contribution in [0.2, 0.25) is 0 Å². The summed E-state index contributed by atoms with van der Waals surface area (Å²) in [4.78, 5) is 4.74. The molecule has 22 heavy (non-hydrogen) atoms. The smallest absolute Gasteiger partial charge is 0.204 e. The SMILES string of the molecule is CCCCn1c(NCc2ccc(Br)cc2)nc2ccccc21. The van der Waals surface area contributed by atoms with E-state index in [0.717, 1.165) is 35.4 Å². The van der Waals surface area contributed by atoms with Gasteiger partial charge in [-0.25, -0.2) is 4.98 Å². The molecular formula is C18H20BrN3. The quantitative estimate of drug-likeness (QED) is 0.655. The minimum Gasteiger partial charge on any atom is -0.352 e. The first kappa shape index (κ1) is 15.1. The molecule has 0 saturated heterocycles. The number of unbranched alkanes of at least 4 members (excludes halogenated alkanes) is 1. The predicted octanol–water partition coefficient (Wildman–Crippen LogP) is 5.21. The van der Waals surface area contributed by atoms with Gasteiger partial charge in [-0.1, -0.05) is 53.5 Å². The van der Waals surface area contributed by atoms with Crippen LogP contribution in [-0.4, -0.2) is 9.55 Å². The van der Waals surface area contributed by atoms with Crippen molar-refractivity contribution in [2.24, 2.45) is 0 Å². The molecule has 0 saturated carbocycles. The Hall–Kier alpha value is -1.81. The van der Waals surface area contributed by atoms with Crippen molar-refractivity contribution < 1.29 is 0 Å². The van der Waals surface area contributed by atoms with E-state index in [2.05, 4.69) is 75.2 Å². The molecule has 114 valence electrons. The van der Waals surface area contributed by atoms with Gasteiger partial charge in [-0.05, 0) is 36.2 Å². The number of nitrogens with zero attached hydrogens (tertiary/aromatic N) is 2. The third-order valence-corrected chi connectivity index (χ3v) is 4.28. The number of para-hydroxylation sites is 2. The maximum absolute atomic E-state index is 4.74. The van der Waals surface area contributed by atoms with Crippen LogP contribution in [-0.2, 0) is 13.1 Å². The average Bonchev–Trinajstić information content (AvgIpc) is 2.90. The lowest BCUT2D eigenvalue weighted by atomic mass is 10.2. The number of aryl methyl sites for hydroxylation is 1. The van der Waals surface area contributed by atoms with Gasteiger partial charge in [0.15, 0.2) is 0 Å². The lowest BCUT2D eigenvalue weighted by molar-refractivity contribution is 0.649. The first-order chi connectivity index (χ1) is 10.8. The fourth-order valence-electron chi connectivity index (χ4n) is 2.54. The maximum atomic E-state index is 4.74. The number of anilines is 1. The number of rotatable bonds is 6. The fourth-order valence-corrected chi connectivity index (χ4v) is 2.80. The van der Waals surface area contributed by atoms with E-state index in [-0.39, 0.29) is 0 Å². The molecule has 0 aliphatic heterocycles. The Morgan fingerprint density at radius 2 is 1.86 bits per heavy atom. The minimum absolute atomic E-state index is 0.780. The predicted molar refractivity (Wildman–Crippen MR) is 96.1 cm³/mol. The van der Waals surface area contributed by atoms with Gasteiger partial charge in [-0.2, -0.15) is 0 Å². The van der Waals surface area contributed by atoms with Crippen molar-refractivity contribution in [1.82, 2.24) is 9.55 Å². The number of imidazole rings is 1. The molecule has 0 fully saturated rings. The molecule has 1 N–H and O–H groups in total. The number of fused-ring (bicyclic) bond motifs is 1. The number of hydrogen-bond acceptors (Lipinski definition) is 2. The highest BCUT2D eigenvalue weighted by Gasteiger charge is 2.09. The number of benzene rings is 2. The molecule has 0 aliphatic carbocycles. The van der Waals surface area contributed by atoms with Crippen LogP contribution in [0.4, 0.5) is 5.95 Å². The van der Waals surface area contributed by atoms with Crippen LogP contribution in [0.3, 0.4) is 0 Å². The topological polar surface area (TPSA) is 29.9 Å². The second-order valence-corrected chi connectivity index (χ2v) is 6.33. The van der Waals surface area contributed by atoms with Crippen molar-refractivity contribution in [3.63, 3.8) is 0 Å². The molecule has 0 aliphatic rings. The van der Waals surface area contributed by atoms with Crippen LogP contribution in [0.15, 0.2) is 53.0 Å². The summed E-state index contributed by atoms with van der Waals surface area (Å²) in [5.41, 5.74) is 3.50. The maximum Gasteiger partial charge on any atom is 0.204 e. The van der Waals surface area contributed by atoms with Crippen molar-refractivity contribution in [3.05, 3.63) is 58.6 Å². The lowest BCUT2D eigenvalue weighted by Gasteiger charge is -2.10. The van der Waals surface area contributed by atoms with Gasteiger partial charge in [0.1, 0.15) is 0 Å². The van der Waals surface area contributed by atoms with Gasteiger partial charge < -0.3 is 9.88 Å². The molecule has 2 aromatic carbocycles. The molecule has 0 unspecified atom stereocenters. The Balaban J connectivity index is 1.83. The Kier molecular flexibility index (Phi) is 4.78. The molecular weight excluding hydrogens is 338 g/mol. The van der Waals surface area contributed by atoms with Crippen molar-refractivity contribution in [1.29, 1.82) is 0 Å². The highest BCUT2D eigenvalue weighted by atomic mass is 79.9. The van der Waals surface area contributed by atoms with Crippen LogP contribution in [0.1, 0.15) is 25.3 Å². The number of halogens is 1. The largest absolute Gasteiger partial charge is 0.352 e. The van der Waals surface area contributed by atoms with Gasteiger partial charge in [0.2, 0.25) is 5.95 Å². The molecule has 1 heterocycles. The zero-order valence-electron chi connectivity index (χ0n) is 12.7. The third kappa shape index (κ3) is 3.33. The van der Waals surface area contributed by atoms with E-state index in [1.165, 1.54) is 17.5 Å². The van der Waals surface area contributed by atoms with E-state index in [4.69, 9.17) is 4.98 Å². The van der Waals surface area contributed by atoms with Gasteiger partial charge in [0, 0.05) is 17.6 Å². The number of aromatic nitrogens is 2. The summed E-state index contributed by atoms with van der Waals surface area (Å²) in [5, 5.41) is 3.48. The van der Waals surface area contributed by atoms with Crippen LogP contribution in [0.25, 0.3) is 11.0 Å². The van der Waals surface area contributed by atoms with E-state index < -0.39 is 0 Å². The van der Waals surface area contributed by atoms with Gasteiger partial charge in [0.05, 0.1) is 11.0 Å². The van der Waals surface area contributed by atoms with Crippen LogP contribution >= 0.6 is 15.9 Å². The van der Waals surface area contributed by atoms with Crippen LogP contribution in [0.5, 0.6) is 0 Å². The molecule has 4 heteroatoms. The third-order valence-electron chi connectivity index (χ3n) is 3.75. The normalized spacial score (nSPS) is 11.0. The minimum atomic E-state index is 0.780. The Morgan fingerprint density at radius 3 is 2.64 bits per heavy atom. The summed E-state index contributed by atoms with van der Waals surface area (Å²) < 4.78 is 3.39. The molecule has 1 aromatic heterocycles. The Bertz CT molecular complexity index is 747. The van der Waals surface area contributed by atoms with Crippen LogP contribution in [0, 0.1) is 0 Å². The second-order valence-electron chi connectivity index (χ2n) is 5.41. The molecule has 0 spiro atoms. The first-order valence-electron chi connectivity index (χ1n) is 7.71. The summed E-state index contributed by atoms with van der Waals surface area (Å²) in [6.45, 7) is 4.00. The molecule has 3 rings (SSSR count). The van der Waals surface area contributed by atoms with Crippen molar-refractivity contribution in [2.75, 3.05) is 5.32 Å². The summed E-state index contributed by atoms with van der Waals surface area (Å²) in [5.74, 6) is 0.956. The van der Waals surface area contributed by atoms with Crippen molar-refractivity contribution in [3.8, 4) is 0 Å². The number of nitrogens with one attached hydrogen (secondary N) is 1. The fraction of sp³-hybridized carbons (Fsp3) is 0.278. The summed E-state index contributed by atoms with van der Waals surface area (Å²) >= 11 is 3.47. The first-order valence-corrected chi connectivity index (χ1v) is 8.51. The summed E-state index contributed by atoms with van der Waals surface area (Å²) in [7, 11) is 0. The van der Waals surface area contributed by atoms with E-state index in [1.807, 2.05) is 6.07 Å². The zero-order valence-corrected chi connectivity index (χ0v) is 14.3. The van der Waals surface area contributed by atoms with Gasteiger partial charge >= 0.3 is 0 Å². The highest BCUT2D eigenvalue weighted by Crippen LogP contribution is 2.21. The molecule has 3 aromatic rings. The van der Waals surface area contributed by atoms with Gasteiger partial charge in [0.25, 0.3) is 0 Å². The molecule has 0 bridgehead atoms. The lowest BCUT2D eigenvalue weighted by Crippen LogP contribution is -2.07. The second kappa shape index (κ2) is 6.97. The van der Waals surface area contributed by atoms with E-state index in [9.17, 15) is 0 Å². The average molecular weight is 358 g/mol. The van der Waals surface area contributed by atoms with Gasteiger partial charge in [-0.3, -0.25) is 0 Å². The Morgan fingerprint density at radius 1 is 1.09 bits per heavy atom.